The van der Waals surface area contributed by atoms with E-state index in [0.29, 0.717) is 18.5 Å². The van der Waals surface area contributed by atoms with Crippen molar-refractivity contribution in [2.75, 3.05) is 7.11 Å². The second-order valence-electron chi connectivity index (χ2n) is 4.25. The molecule has 0 aliphatic heterocycles. The van der Waals surface area contributed by atoms with Crippen LogP contribution in [0.15, 0.2) is 42.1 Å². The highest BCUT2D eigenvalue weighted by Gasteiger charge is 2.07. The van der Waals surface area contributed by atoms with E-state index in [-0.39, 0.29) is 5.97 Å². The minimum absolute atomic E-state index is 0.262. The second kappa shape index (κ2) is 5.93. The van der Waals surface area contributed by atoms with Crippen molar-refractivity contribution < 1.29 is 9.53 Å². The molecule has 0 saturated heterocycles. The van der Waals surface area contributed by atoms with Gasteiger partial charge in [-0.2, -0.15) is 0 Å². The van der Waals surface area contributed by atoms with Crippen molar-refractivity contribution in [2.45, 2.75) is 19.9 Å². The lowest BCUT2D eigenvalue weighted by atomic mass is 10.2. The summed E-state index contributed by atoms with van der Waals surface area (Å²) >= 11 is 5.96. The van der Waals surface area contributed by atoms with E-state index in [9.17, 15) is 4.79 Å². The highest BCUT2D eigenvalue weighted by molar-refractivity contribution is 6.31. The van der Waals surface area contributed by atoms with Gasteiger partial charge < -0.3 is 9.30 Å². The van der Waals surface area contributed by atoms with Gasteiger partial charge in [-0.05, 0) is 30.7 Å². The molecule has 2 aromatic rings. The SMILES string of the molecule is CCC(=CCn1ccc2cc(Cl)ccc21)C(=O)OC. The first kappa shape index (κ1) is 13.7. The predicted octanol–water partition coefficient (Wildman–Crippen LogP) is 3.80. The molecule has 19 heavy (non-hydrogen) atoms. The number of methoxy groups -OCH3 is 1. The van der Waals surface area contributed by atoms with Gasteiger partial charge in [0.25, 0.3) is 0 Å². The van der Waals surface area contributed by atoms with Gasteiger partial charge in [-0.25, -0.2) is 4.79 Å². The Labute approximate surface area is 117 Å². The monoisotopic (exact) mass is 277 g/mol. The Balaban J connectivity index is 2.26. The zero-order chi connectivity index (χ0) is 13.8. The molecule has 1 heterocycles. The maximum absolute atomic E-state index is 11.5. The molecule has 100 valence electrons. The zero-order valence-electron chi connectivity index (χ0n) is 11.0. The maximum atomic E-state index is 11.5. The number of nitrogens with zero attached hydrogens (tertiary/aromatic N) is 1. The summed E-state index contributed by atoms with van der Waals surface area (Å²) < 4.78 is 6.82. The van der Waals surface area contributed by atoms with Crippen LogP contribution in [0.4, 0.5) is 0 Å². The molecular weight excluding hydrogens is 262 g/mol. The summed E-state index contributed by atoms with van der Waals surface area (Å²) in [7, 11) is 1.40. The number of rotatable bonds is 4. The van der Waals surface area contributed by atoms with Crippen LogP contribution in [-0.4, -0.2) is 17.6 Å². The van der Waals surface area contributed by atoms with E-state index in [1.807, 2.05) is 43.5 Å². The number of carbonyl (C=O) groups is 1. The zero-order valence-corrected chi connectivity index (χ0v) is 11.8. The van der Waals surface area contributed by atoms with Crippen molar-refractivity contribution in [3.05, 3.63) is 47.1 Å². The van der Waals surface area contributed by atoms with Crippen LogP contribution in [0.25, 0.3) is 10.9 Å². The molecule has 0 unspecified atom stereocenters. The number of esters is 1. The van der Waals surface area contributed by atoms with E-state index in [1.54, 1.807) is 0 Å². The Morgan fingerprint density at radius 3 is 2.89 bits per heavy atom. The van der Waals surface area contributed by atoms with Gasteiger partial charge in [-0.1, -0.05) is 24.6 Å². The largest absolute Gasteiger partial charge is 0.466 e. The normalized spacial score (nSPS) is 11.8. The number of hydrogen-bond acceptors (Lipinski definition) is 2. The number of halogens is 1. The average molecular weight is 278 g/mol. The average Bonchev–Trinajstić information content (AvgIpc) is 2.81. The number of hydrogen-bond donors (Lipinski definition) is 0. The van der Waals surface area contributed by atoms with E-state index in [1.165, 1.54) is 7.11 Å². The number of benzene rings is 1. The molecule has 0 aliphatic carbocycles. The molecule has 1 aromatic carbocycles. The summed E-state index contributed by atoms with van der Waals surface area (Å²) in [5.41, 5.74) is 1.79. The summed E-state index contributed by atoms with van der Waals surface area (Å²) in [5, 5.41) is 1.82. The highest BCUT2D eigenvalue weighted by Crippen LogP contribution is 2.20. The van der Waals surface area contributed by atoms with Crippen molar-refractivity contribution in [3.8, 4) is 0 Å². The minimum atomic E-state index is -0.262. The molecule has 0 bridgehead atoms. The van der Waals surface area contributed by atoms with Gasteiger partial charge in [-0.15, -0.1) is 0 Å². The van der Waals surface area contributed by atoms with E-state index in [2.05, 4.69) is 4.57 Å². The Kier molecular flexibility index (Phi) is 4.27. The first-order chi connectivity index (χ1) is 9.15. The molecule has 0 atom stereocenters. The van der Waals surface area contributed by atoms with Crippen LogP contribution in [0.3, 0.4) is 0 Å². The molecule has 0 amide bonds. The summed E-state index contributed by atoms with van der Waals surface area (Å²) in [6.45, 7) is 2.58. The summed E-state index contributed by atoms with van der Waals surface area (Å²) in [6.07, 6.45) is 4.56. The third kappa shape index (κ3) is 2.99. The molecular formula is C15H16ClNO2. The van der Waals surface area contributed by atoms with Gasteiger partial charge in [0.1, 0.15) is 0 Å². The smallest absolute Gasteiger partial charge is 0.333 e. The molecule has 2 rings (SSSR count). The number of aromatic nitrogens is 1. The second-order valence-corrected chi connectivity index (χ2v) is 4.68. The molecule has 3 nitrogen and oxygen atoms in total. The number of carbonyl (C=O) groups excluding carboxylic acids is 1. The first-order valence-electron chi connectivity index (χ1n) is 6.17. The third-order valence-electron chi connectivity index (χ3n) is 3.10. The molecule has 1 aromatic heterocycles. The van der Waals surface area contributed by atoms with E-state index in [4.69, 9.17) is 16.3 Å². The molecule has 4 heteroatoms. The molecule has 0 aliphatic rings. The number of fused-ring (bicyclic) bond motifs is 1. The standard InChI is InChI=1S/C15H16ClNO2/c1-3-11(15(18)19-2)6-8-17-9-7-12-10-13(16)4-5-14(12)17/h4-7,9-10H,3,8H2,1-2H3. The van der Waals surface area contributed by atoms with E-state index < -0.39 is 0 Å². The lowest BCUT2D eigenvalue weighted by molar-refractivity contribution is -0.136. The van der Waals surface area contributed by atoms with Crippen molar-refractivity contribution in [1.82, 2.24) is 4.57 Å². The number of ether oxygens (including phenoxy) is 1. The fraction of sp³-hybridized carbons (Fsp3) is 0.267. The van der Waals surface area contributed by atoms with Crippen LogP contribution < -0.4 is 0 Å². The lowest BCUT2D eigenvalue weighted by Gasteiger charge is -2.05. The van der Waals surface area contributed by atoms with E-state index >= 15 is 0 Å². The molecule has 0 radical (unpaired) electrons. The van der Waals surface area contributed by atoms with Gasteiger partial charge in [-0.3, -0.25) is 0 Å². The van der Waals surface area contributed by atoms with Crippen LogP contribution in [-0.2, 0) is 16.1 Å². The van der Waals surface area contributed by atoms with Crippen LogP contribution in [0.1, 0.15) is 13.3 Å². The molecule has 0 N–H and O–H groups in total. The molecule has 0 saturated carbocycles. The van der Waals surface area contributed by atoms with Crippen molar-refractivity contribution in [2.24, 2.45) is 0 Å². The Bertz CT molecular complexity index is 628. The van der Waals surface area contributed by atoms with Crippen molar-refractivity contribution in [3.63, 3.8) is 0 Å². The quantitative estimate of drug-likeness (QED) is 0.629. The van der Waals surface area contributed by atoms with Gasteiger partial charge in [0, 0.05) is 34.2 Å². The van der Waals surface area contributed by atoms with Crippen molar-refractivity contribution >= 4 is 28.5 Å². The molecule has 0 spiro atoms. The van der Waals surface area contributed by atoms with Crippen molar-refractivity contribution in [1.29, 1.82) is 0 Å². The predicted molar refractivity (Wildman–Crippen MR) is 77.3 cm³/mol. The Morgan fingerprint density at radius 1 is 1.42 bits per heavy atom. The topological polar surface area (TPSA) is 31.2 Å². The third-order valence-corrected chi connectivity index (χ3v) is 3.33. The lowest BCUT2D eigenvalue weighted by Crippen LogP contribution is -2.05. The Morgan fingerprint density at radius 2 is 2.21 bits per heavy atom. The van der Waals surface area contributed by atoms with Gasteiger partial charge in [0.05, 0.1) is 7.11 Å². The maximum Gasteiger partial charge on any atom is 0.333 e. The number of allylic oxidation sites excluding steroid dienone is 1. The fourth-order valence-corrected chi connectivity index (χ4v) is 2.22. The summed E-state index contributed by atoms with van der Waals surface area (Å²) in [4.78, 5) is 11.5. The van der Waals surface area contributed by atoms with Crippen LogP contribution in [0.5, 0.6) is 0 Å². The van der Waals surface area contributed by atoms with Crippen LogP contribution in [0, 0.1) is 0 Å². The summed E-state index contributed by atoms with van der Waals surface area (Å²) in [5.74, 6) is -0.262. The van der Waals surface area contributed by atoms with Gasteiger partial charge >= 0.3 is 5.97 Å². The van der Waals surface area contributed by atoms with Gasteiger partial charge in [0.2, 0.25) is 0 Å². The first-order valence-corrected chi connectivity index (χ1v) is 6.55. The Hall–Kier alpha value is -1.74. The summed E-state index contributed by atoms with van der Waals surface area (Å²) in [6, 6.07) is 7.79. The fourth-order valence-electron chi connectivity index (χ4n) is 2.04. The highest BCUT2D eigenvalue weighted by atomic mass is 35.5. The molecule has 0 fully saturated rings. The van der Waals surface area contributed by atoms with Crippen LogP contribution in [0.2, 0.25) is 5.02 Å². The minimum Gasteiger partial charge on any atom is -0.466 e. The van der Waals surface area contributed by atoms with E-state index in [0.717, 1.165) is 15.9 Å². The van der Waals surface area contributed by atoms with Crippen LogP contribution >= 0.6 is 11.6 Å². The van der Waals surface area contributed by atoms with Gasteiger partial charge in [0.15, 0.2) is 0 Å².